The van der Waals surface area contributed by atoms with Crippen LogP contribution < -0.4 is 5.32 Å². The molecule has 2 aromatic rings. The summed E-state index contributed by atoms with van der Waals surface area (Å²) in [5.41, 5.74) is 0.315. The van der Waals surface area contributed by atoms with E-state index in [1.807, 2.05) is 0 Å². The molecule has 0 radical (unpaired) electrons. The molecule has 0 aliphatic rings. The van der Waals surface area contributed by atoms with Gasteiger partial charge in [-0.05, 0) is 25.1 Å². The topological polar surface area (TPSA) is 42.0 Å². The van der Waals surface area contributed by atoms with Crippen LogP contribution in [0.3, 0.4) is 0 Å². The van der Waals surface area contributed by atoms with Gasteiger partial charge in [-0.2, -0.15) is 4.39 Å². The first kappa shape index (κ1) is 14.0. The molecule has 104 valence electrons. The maximum atomic E-state index is 13.6. The van der Waals surface area contributed by atoms with E-state index in [-0.39, 0.29) is 11.1 Å². The number of benzene rings is 1. The van der Waals surface area contributed by atoms with E-state index in [1.54, 1.807) is 6.92 Å². The first-order valence-electron chi connectivity index (χ1n) is 5.84. The molecule has 0 saturated carbocycles. The SMILES string of the molecule is CC(NC(=O)c1ccc(F)nc1)c1ccc(F)cc1F. The highest BCUT2D eigenvalue weighted by molar-refractivity contribution is 5.94. The third-order valence-corrected chi connectivity index (χ3v) is 2.77. The van der Waals surface area contributed by atoms with Gasteiger partial charge >= 0.3 is 0 Å². The van der Waals surface area contributed by atoms with Gasteiger partial charge in [0, 0.05) is 17.8 Å². The van der Waals surface area contributed by atoms with E-state index in [1.165, 1.54) is 12.1 Å². The number of aromatic nitrogens is 1. The van der Waals surface area contributed by atoms with Gasteiger partial charge in [-0.1, -0.05) is 6.07 Å². The van der Waals surface area contributed by atoms with Crippen LogP contribution in [-0.4, -0.2) is 10.9 Å². The highest BCUT2D eigenvalue weighted by atomic mass is 19.1. The minimum atomic E-state index is -0.741. The zero-order chi connectivity index (χ0) is 14.7. The second-order valence-corrected chi connectivity index (χ2v) is 4.23. The molecular weight excluding hydrogens is 269 g/mol. The largest absolute Gasteiger partial charge is 0.345 e. The fourth-order valence-electron chi connectivity index (χ4n) is 1.72. The minimum absolute atomic E-state index is 0.153. The first-order chi connectivity index (χ1) is 9.47. The summed E-state index contributed by atoms with van der Waals surface area (Å²) in [6, 6.07) is 4.79. The van der Waals surface area contributed by atoms with Crippen molar-refractivity contribution in [3.8, 4) is 0 Å². The molecule has 1 amide bonds. The van der Waals surface area contributed by atoms with Crippen LogP contribution in [0.4, 0.5) is 13.2 Å². The van der Waals surface area contributed by atoms with E-state index in [4.69, 9.17) is 0 Å². The highest BCUT2D eigenvalue weighted by Gasteiger charge is 2.15. The minimum Gasteiger partial charge on any atom is -0.345 e. The molecule has 0 saturated heterocycles. The molecule has 0 aliphatic carbocycles. The predicted octanol–water partition coefficient (Wildman–Crippen LogP) is 2.99. The molecule has 0 spiro atoms. The van der Waals surface area contributed by atoms with E-state index in [0.29, 0.717) is 0 Å². The van der Waals surface area contributed by atoms with Gasteiger partial charge in [-0.25, -0.2) is 13.8 Å². The number of nitrogens with zero attached hydrogens (tertiary/aromatic N) is 1. The Balaban J connectivity index is 2.12. The molecule has 1 aromatic carbocycles. The quantitative estimate of drug-likeness (QED) is 0.878. The number of carbonyl (C=O) groups is 1. The van der Waals surface area contributed by atoms with Crippen molar-refractivity contribution in [1.29, 1.82) is 0 Å². The Morgan fingerprint density at radius 3 is 2.55 bits per heavy atom. The molecule has 1 heterocycles. The van der Waals surface area contributed by atoms with Crippen molar-refractivity contribution in [3.63, 3.8) is 0 Å². The number of rotatable bonds is 3. The second kappa shape index (κ2) is 5.73. The average molecular weight is 280 g/mol. The highest BCUT2D eigenvalue weighted by Crippen LogP contribution is 2.18. The molecule has 0 aliphatic heterocycles. The number of nitrogens with one attached hydrogen (secondary N) is 1. The summed E-state index contributed by atoms with van der Waals surface area (Å²) in [5.74, 6) is -2.64. The van der Waals surface area contributed by atoms with Crippen molar-refractivity contribution in [3.05, 3.63) is 65.2 Å². The third-order valence-electron chi connectivity index (χ3n) is 2.77. The van der Waals surface area contributed by atoms with Gasteiger partial charge in [-0.3, -0.25) is 4.79 Å². The molecule has 1 N–H and O–H groups in total. The van der Waals surface area contributed by atoms with Gasteiger partial charge in [0.05, 0.1) is 11.6 Å². The van der Waals surface area contributed by atoms with Crippen molar-refractivity contribution in [2.45, 2.75) is 13.0 Å². The molecule has 0 fully saturated rings. The lowest BCUT2D eigenvalue weighted by Gasteiger charge is -2.15. The summed E-state index contributed by atoms with van der Waals surface area (Å²) in [5, 5.41) is 2.53. The van der Waals surface area contributed by atoms with Crippen LogP contribution in [0.25, 0.3) is 0 Å². The zero-order valence-electron chi connectivity index (χ0n) is 10.5. The Morgan fingerprint density at radius 2 is 1.95 bits per heavy atom. The van der Waals surface area contributed by atoms with Gasteiger partial charge in [0.2, 0.25) is 5.95 Å². The van der Waals surface area contributed by atoms with Gasteiger partial charge in [0.25, 0.3) is 5.91 Å². The van der Waals surface area contributed by atoms with Crippen LogP contribution in [0.5, 0.6) is 0 Å². The Hall–Kier alpha value is -2.37. The van der Waals surface area contributed by atoms with Crippen LogP contribution in [0.15, 0.2) is 36.5 Å². The molecular formula is C14H11F3N2O. The molecule has 3 nitrogen and oxygen atoms in total. The lowest BCUT2D eigenvalue weighted by Crippen LogP contribution is -2.27. The van der Waals surface area contributed by atoms with Crippen LogP contribution in [0, 0.1) is 17.6 Å². The van der Waals surface area contributed by atoms with Crippen LogP contribution in [-0.2, 0) is 0 Å². The molecule has 1 unspecified atom stereocenters. The normalized spacial score (nSPS) is 12.0. The second-order valence-electron chi connectivity index (χ2n) is 4.23. The summed E-state index contributed by atoms with van der Waals surface area (Å²) < 4.78 is 39.0. The maximum Gasteiger partial charge on any atom is 0.253 e. The third kappa shape index (κ3) is 3.14. The maximum absolute atomic E-state index is 13.6. The fraction of sp³-hybridized carbons (Fsp3) is 0.143. The van der Waals surface area contributed by atoms with E-state index in [9.17, 15) is 18.0 Å². The number of pyridine rings is 1. The van der Waals surface area contributed by atoms with Gasteiger partial charge < -0.3 is 5.32 Å². The molecule has 2 rings (SSSR count). The molecule has 0 bridgehead atoms. The van der Waals surface area contributed by atoms with Crippen LogP contribution in [0.1, 0.15) is 28.9 Å². The Kier molecular flexibility index (Phi) is 4.02. The first-order valence-corrected chi connectivity index (χ1v) is 5.84. The van der Waals surface area contributed by atoms with Crippen LogP contribution in [0.2, 0.25) is 0 Å². The van der Waals surface area contributed by atoms with E-state index in [2.05, 4.69) is 10.3 Å². The van der Waals surface area contributed by atoms with E-state index < -0.39 is 29.5 Å². The molecule has 20 heavy (non-hydrogen) atoms. The van der Waals surface area contributed by atoms with Crippen molar-refractivity contribution in [2.75, 3.05) is 0 Å². The molecule has 1 atom stereocenters. The lowest BCUT2D eigenvalue weighted by molar-refractivity contribution is 0.0939. The molecule has 6 heteroatoms. The number of halogens is 3. The van der Waals surface area contributed by atoms with Gasteiger partial charge in [0.15, 0.2) is 0 Å². The number of hydrogen-bond donors (Lipinski definition) is 1. The summed E-state index contributed by atoms with van der Waals surface area (Å²) in [7, 11) is 0. The van der Waals surface area contributed by atoms with E-state index >= 15 is 0 Å². The monoisotopic (exact) mass is 280 g/mol. The van der Waals surface area contributed by atoms with Crippen molar-refractivity contribution in [2.24, 2.45) is 0 Å². The summed E-state index contributed by atoms with van der Waals surface area (Å²) in [4.78, 5) is 15.2. The van der Waals surface area contributed by atoms with Gasteiger partial charge in [-0.15, -0.1) is 0 Å². The van der Waals surface area contributed by atoms with E-state index in [0.717, 1.165) is 24.4 Å². The average Bonchev–Trinajstić information content (AvgIpc) is 2.39. The zero-order valence-corrected chi connectivity index (χ0v) is 10.5. The Morgan fingerprint density at radius 1 is 1.20 bits per heavy atom. The summed E-state index contributed by atoms with van der Waals surface area (Å²) in [6.45, 7) is 1.56. The number of hydrogen-bond acceptors (Lipinski definition) is 2. The smallest absolute Gasteiger partial charge is 0.253 e. The lowest BCUT2D eigenvalue weighted by atomic mass is 10.1. The standard InChI is InChI=1S/C14H11F3N2O/c1-8(11-4-3-10(15)6-12(11)16)19-14(20)9-2-5-13(17)18-7-9/h2-8H,1H3,(H,19,20). The Labute approximate surface area is 113 Å². The van der Waals surface area contributed by atoms with Crippen molar-refractivity contribution < 1.29 is 18.0 Å². The number of amides is 1. The predicted molar refractivity (Wildman–Crippen MR) is 66.4 cm³/mol. The van der Waals surface area contributed by atoms with Crippen molar-refractivity contribution in [1.82, 2.24) is 10.3 Å². The summed E-state index contributed by atoms with van der Waals surface area (Å²) >= 11 is 0. The fourth-order valence-corrected chi connectivity index (χ4v) is 1.72. The summed E-state index contributed by atoms with van der Waals surface area (Å²) in [6.07, 6.45) is 1.08. The van der Waals surface area contributed by atoms with Gasteiger partial charge in [0.1, 0.15) is 11.6 Å². The Bertz CT molecular complexity index is 629. The number of carbonyl (C=O) groups excluding carboxylic acids is 1. The van der Waals surface area contributed by atoms with Crippen LogP contribution >= 0.6 is 0 Å². The molecule has 1 aromatic heterocycles. The van der Waals surface area contributed by atoms with Crippen molar-refractivity contribution >= 4 is 5.91 Å².